The van der Waals surface area contributed by atoms with E-state index >= 15 is 0 Å². The van der Waals surface area contributed by atoms with Crippen molar-refractivity contribution in [2.45, 2.75) is 19.7 Å². The van der Waals surface area contributed by atoms with Crippen LogP contribution in [-0.4, -0.2) is 6.98 Å². The van der Waals surface area contributed by atoms with Crippen molar-refractivity contribution in [3.63, 3.8) is 0 Å². The topological polar surface area (TPSA) is 47.6 Å². The van der Waals surface area contributed by atoms with Gasteiger partial charge in [-0.3, -0.25) is 0 Å². The van der Waals surface area contributed by atoms with Gasteiger partial charge in [0.2, 0.25) is 0 Å². The molecule has 0 aromatic heterocycles. The third-order valence-corrected chi connectivity index (χ3v) is 1.61. The number of nitriles is 2. The van der Waals surface area contributed by atoms with Crippen LogP contribution in [-0.2, 0) is 0 Å². The van der Waals surface area contributed by atoms with E-state index in [0.29, 0.717) is 0 Å². The van der Waals surface area contributed by atoms with Crippen LogP contribution in [0.1, 0.15) is 13.3 Å². The Labute approximate surface area is 118 Å². The van der Waals surface area contributed by atoms with Crippen LogP contribution < -0.4 is 51.4 Å². The van der Waals surface area contributed by atoms with Gasteiger partial charge in [0.1, 0.15) is 5.41 Å². The summed E-state index contributed by atoms with van der Waals surface area (Å²) in [5, 5.41) is 16.8. The molecular weight excluding hydrogens is 207 g/mol. The van der Waals surface area contributed by atoms with Crippen molar-refractivity contribution in [3.8, 4) is 12.1 Å². The molecule has 0 aliphatic rings. The molecule has 0 radical (unpaired) electrons. The molecule has 66 valence electrons. The van der Waals surface area contributed by atoms with Gasteiger partial charge in [0.15, 0.2) is 0 Å². The van der Waals surface area contributed by atoms with E-state index in [2.05, 4.69) is 0 Å². The maximum absolute atomic E-state index is 11.9. The first-order valence-electron chi connectivity index (χ1n) is 3.42. The average Bonchev–Trinajstić information content (AvgIpc) is 1.99. The first-order valence-corrected chi connectivity index (χ1v) is 3.42. The predicted molar refractivity (Wildman–Crippen MR) is 37.8 cm³/mol. The second-order valence-corrected chi connectivity index (χ2v) is 2.57. The molecule has 2 nitrogen and oxygen atoms in total. The molecule has 0 aromatic rings. The van der Waals surface area contributed by atoms with Crippen LogP contribution in [0, 0.1) is 28.1 Å². The number of hydrogen-bond donors (Lipinski definition) is 0. The molecule has 0 spiro atoms. The second-order valence-electron chi connectivity index (χ2n) is 2.57. The fourth-order valence-corrected chi connectivity index (χ4v) is 0.814. The minimum atomic E-state index is -5.06. The predicted octanol–water partition coefficient (Wildman–Crippen LogP) is -0.719. The molecule has 7 heteroatoms. The van der Waals surface area contributed by atoms with Gasteiger partial charge in [0, 0.05) is 0 Å². The normalized spacial score (nSPS) is 10.9. The quantitative estimate of drug-likeness (QED) is 0.582. The van der Waals surface area contributed by atoms with E-state index in [1.165, 1.54) is 19.1 Å². The van der Waals surface area contributed by atoms with Gasteiger partial charge in [0.25, 0.3) is 0 Å². The van der Waals surface area contributed by atoms with E-state index in [0.717, 1.165) is 0 Å². The maximum Gasteiger partial charge on any atom is 1.00 e. The van der Waals surface area contributed by atoms with Gasteiger partial charge in [-0.05, 0) is 6.42 Å². The molecule has 0 atom stereocenters. The summed E-state index contributed by atoms with van der Waals surface area (Å²) < 4.78 is 35.6. The van der Waals surface area contributed by atoms with E-state index in [1.54, 1.807) is 0 Å². The summed E-state index contributed by atoms with van der Waals surface area (Å²) in [5.74, 6) is 0. The molecule has 0 N–H and O–H groups in total. The van der Waals surface area contributed by atoms with Gasteiger partial charge in [-0.25, -0.2) is 0 Å². The average molecular weight is 214 g/mol. The molecule has 0 heterocycles. The van der Waals surface area contributed by atoms with Crippen molar-refractivity contribution < 1.29 is 64.3 Å². The Morgan fingerprint density at radius 3 is 1.69 bits per heavy atom. The molecule has 0 saturated heterocycles. The molecule has 0 fully saturated rings. The van der Waals surface area contributed by atoms with Gasteiger partial charge < -0.3 is 12.9 Å². The molecule has 0 aliphatic heterocycles. The Bertz CT molecular complexity index is 226. The Morgan fingerprint density at radius 2 is 1.62 bits per heavy atom. The molecule has 13 heavy (non-hydrogen) atoms. The van der Waals surface area contributed by atoms with Crippen molar-refractivity contribution in [1.82, 2.24) is 0 Å². The Balaban J connectivity index is 0. The van der Waals surface area contributed by atoms with Gasteiger partial charge in [0.05, 0.1) is 12.1 Å². The number of hydrogen-bond acceptors (Lipinski definition) is 2. The second kappa shape index (κ2) is 6.05. The van der Waals surface area contributed by atoms with Gasteiger partial charge in [-0.2, -0.15) is 10.5 Å². The fraction of sp³-hybridized carbons (Fsp3) is 0.667. The van der Waals surface area contributed by atoms with Crippen LogP contribution in [0.5, 0.6) is 0 Å². The van der Waals surface area contributed by atoms with Crippen LogP contribution in [0.15, 0.2) is 0 Å². The smallest absolute Gasteiger partial charge is 0.449 e. The van der Waals surface area contributed by atoms with E-state index in [4.69, 9.17) is 10.5 Å². The Morgan fingerprint density at radius 1 is 1.23 bits per heavy atom. The van der Waals surface area contributed by atoms with Crippen LogP contribution in [0.3, 0.4) is 0 Å². The molecule has 0 unspecified atom stereocenters. The van der Waals surface area contributed by atoms with Crippen molar-refractivity contribution in [1.29, 1.82) is 10.5 Å². The minimum Gasteiger partial charge on any atom is -0.449 e. The number of nitrogens with zero attached hydrogens (tertiary/aromatic N) is 2. The van der Waals surface area contributed by atoms with Crippen LogP contribution >= 0.6 is 0 Å². The Kier molecular flexibility index (Phi) is 7.41. The summed E-state index contributed by atoms with van der Waals surface area (Å²) in [5.41, 5.74) is -1.88. The third-order valence-electron chi connectivity index (χ3n) is 1.61. The maximum atomic E-state index is 11.9. The summed E-state index contributed by atoms with van der Waals surface area (Å²) in [4.78, 5) is 0. The molecule has 0 aliphatic carbocycles. The summed E-state index contributed by atoms with van der Waals surface area (Å²) in [6.07, 6.45) is -1.39. The van der Waals surface area contributed by atoms with Crippen LogP contribution in [0.4, 0.5) is 12.9 Å². The molecule has 0 rings (SSSR count). The standard InChI is InChI=1S/C6H7BF3N2.K/c1-2-6(4-11,5-12)3-7(8,9)10;/h2-3H2,1H3;/q-1;+1. The molecule has 0 saturated carbocycles. The third kappa shape index (κ3) is 5.71. The SMILES string of the molecule is CCC(C#N)(C#N)C[B-](F)(F)F.[K+]. The number of halogens is 3. The molecule has 0 amide bonds. The van der Waals surface area contributed by atoms with Gasteiger partial charge in [-0.15, -0.1) is 0 Å². The summed E-state index contributed by atoms with van der Waals surface area (Å²) >= 11 is 0. The largest absolute Gasteiger partial charge is 1.00 e. The van der Waals surface area contributed by atoms with Crippen molar-refractivity contribution in [3.05, 3.63) is 0 Å². The minimum absolute atomic E-state index is 0. The summed E-state index contributed by atoms with van der Waals surface area (Å²) in [6, 6.07) is 2.81. The van der Waals surface area contributed by atoms with Crippen molar-refractivity contribution >= 4 is 6.98 Å². The van der Waals surface area contributed by atoms with Gasteiger partial charge >= 0.3 is 58.4 Å². The van der Waals surface area contributed by atoms with Crippen LogP contribution in [0.2, 0.25) is 6.32 Å². The zero-order chi connectivity index (χ0) is 9.83. The summed E-state index contributed by atoms with van der Waals surface area (Å²) in [6.45, 7) is -3.66. The molecule has 0 aromatic carbocycles. The Hall–Kier alpha value is 0.471. The van der Waals surface area contributed by atoms with Crippen molar-refractivity contribution in [2.75, 3.05) is 0 Å². The van der Waals surface area contributed by atoms with E-state index < -0.39 is 18.7 Å². The monoisotopic (exact) mass is 214 g/mol. The fourth-order valence-electron chi connectivity index (χ4n) is 0.814. The number of rotatable bonds is 3. The van der Waals surface area contributed by atoms with E-state index in [9.17, 15) is 12.9 Å². The van der Waals surface area contributed by atoms with E-state index in [-0.39, 0.29) is 57.8 Å². The van der Waals surface area contributed by atoms with Gasteiger partial charge in [-0.1, -0.05) is 13.2 Å². The first kappa shape index (κ1) is 15.9. The zero-order valence-corrected chi connectivity index (χ0v) is 10.6. The first-order chi connectivity index (χ1) is 5.39. The molecular formula is C6H7BF3KN2. The summed E-state index contributed by atoms with van der Waals surface area (Å²) in [7, 11) is 0. The zero-order valence-electron chi connectivity index (χ0n) is 7.52. The van der Waals surface area contributed by atoms with E-state index in [1.807, 2.05) is 0 Å². The van der Waals surface area contributed by atoms with Crippen molar-refractivity contribution in [2.24, 2.45) is 5.41 Å². The molecule has 0 bridgehead atoms. The van der Waals surface area contributed by atoms with Crippen LogP contribution in [0.25, 0.3) is 0 Å².